The molecule has 0 saturated heterocycles. The molecule has 5 rings (SSSR count). The number of aromatic nitrogens is 2. The van der Waals surface area contributed by atoms with Crippen LogP contribution >= 0.6 is 22.7 Å². The van der Waals surface area contributed by atoms with Gasteiger partial charge in [0, 0.05) is 23.0 Å². The molecule has 0 spiro atoms. The number of rotatable bonds is 3. The molecule has 152 valence electrons. The van der Waals surface area contributed by atoms with E-state index in [9.17, 15) is 14.3 Å². The number of carboxylic acid groups (broad SMARTS) is 1. The minimum atomic E-state index is -0.914. The van der Waals surface area contributed by atoms with Gasteiger partial charge in [0.15, 0.2) is 5.82 Å². The van der Waals surface area contributed by atoms with E-state index in [0.29, 0.717) is 24.2 Å². The van der Waals surface area contributed by atoms with Crippen LogP contribution in [0.4, 0.5) is 20.6 Å². The molecule has 1 atom stereocenters. The molecule has 1 aromatic carbocycles. The van der Waals surface area contributed by atoms with Gasteiger partial charge in [-0.05, 0) is 43.2 Å². The fourth-order valence-corrected chi connectivity index (χ4v) is 5.61. The van der Waals surface area contributed by atoms with Gasteiger partial charge < -0.3 is 15.3 Å². The summed E-state index contributed by atoms with van der Waals surface area (Å²) < 4.78 is 15.7. The van der Waals surface area contributed by atoms with Crippen LogP contribution in [0.1, 0.15) is 18.2 Å². The maximum atomic E-state index is 14.9. The molecule has 1 aliphatic heterocycles. The van der Waals surface area contributed by atoms with Crippen molar-refractivity contribution in [3.63, 3.8) is 0 Å². The van der Waals surface area contributed by atoms with Gasteiger partial charge >= 0.3 is 6.09 Å². The highest BCUT2D eigenvalue weighted by molar-refractivity contribution is 7.19. The number of anilines is 2. The molecule has 2 N–H and O–H groups in total. The maximum Gasteiger partial charge on any atom is 0.407 e. The first-order valence-electron chi connectivity index (χ1n) is 9.40. The van der Waals surface area contributed by atoms with Crippen LogP contribution < -0.4 is 5.32 Å². The highest BCUT2D eigenvalue weighted by atomic mass is 32.1. The zero-order valence-corrected chi connectivity index (χ0v) is 17.6. The van der Waals surface area contributed by atoms with Gasteiger partial charge in [0.1, 0.15) is 10.3 Å². The fraction of sp³-hybridized carbons (Fsp3) is 0.190. The Labute approximate surface area is 179 Å². The Morgan fingerprint density at radius 1 is 1.30 bits per heavy atom. The second-order valence-corrected chi connectivity index (χ2v) is 8.96. The predicted octanol–water partition coefficient (Wildman–Crippen LogP) is 5.94. The zero-order valence-electron chi connectivity index (χ0n) is 15.9. The van der Waals surface area contributed by atoms with Gasteiger partial charge in [0.2, 0.25) is 0 Å². The molecule has 0 radical (unpaired) electrons. The van der Waals surface area contributed by atoms with Gasteiger partial charge in [-0.15, -0.1) is 22.7 Å². The summed E-state index contributed by atoms with van der Waals surface area (Å²) in [5.41, 5.74) is 4.07. The van der Waals surface area contributed by atoms with Crippen molar-refractivity contribution in [1.82, 2.24) is 14.9 Å². The van der Waals surface area contributed by atoms with Crippen LogP contribution in [-0.2, 0) is 0 Å². The van der Waals surface area contributed by atoms with Crippen molar-refractivity contribution < 1.29 is 14.3 Å². The number of pyridine rings is 1. The minimum absolute atomic E-state index is 0.231. The van der Waals surface area contributed by atoms with Crippen molar-refractivity contribution in [3.8, 4) is 0 Å². The Morgan fingerprint density at radius 2 is 2.17 bits per heavy atom. The number of carbonyl (C=O) groups is 1. The number of nitrogens with one attached hydrogen (secondary N) is 1. The fourth-order valence-electron chi connectivity index (χ4n) is 3.79. The highest BCUT2D eigenvalue weighted by Gasteiger charge is 2.27. The number of benzene rings is 1. The summed E-state index contributed by atoms with van der Waals surface area (Å²) >= 11 is 2.91. The molecule has 1 aliphatic rings. The van der Waals surface area contributed by atoms with E-state index in [1.165, 1.54) is 27.6 Å². The number of nitrogens with zero attached hydrogens (tertiary/aromatic N) is 3. The van der Waals surface area contributed by atoms with Gasteiger partial charge in [-0.3, -0.25) is 0 Å². The quantitative estimate of drug-likeness (QED) is 0.412. The van der Waals surface area contributed by atoms with Gasteiger partial charge in [0.05, 0.1) is 27.6 Å². The van der Waals surface area contributed by atoms with Crippen molar-refractivity contribution >= 4 is 66.1 Å². The molecule has 0 fully saturated rings. The van der Waals surface area contributed by atoms with Crippen LogP contribution in [0, 0.1) is 5.82 Å². The molecule has 0 bridgehead atoms. The number of fused-ring (bicyclic) bond motifs is 2. The van der Waals surface area contributed by atoms with Crippen molar-refractivity contribution in [3.05, 3.63) is 52.7 Å². The molecule has 4 heterocycles. The first-order chi connectivity index (χ1) is 14.5. The van der Waals surface area contributed by atoms with Gasteiger partial charge in [0.25, 0.3) is 0 Å². The number of halogens is 1. The molecule has 9 heteroatoms. The van der Waals surface area contributed by atoms with E-state index in [1.807, 2.05) is 25.1 Å². The molecule has 4 aromatic rings. The lowest BCUT2D eigenvalue weighted by molar-refractivity contribution is 0.137. The third-order valence-corrected chi connectivity index (χ3v) is 7.21. The normalized spacial score (nSPS) is 16.8. The van der Waals surface area contributed by atoms with Crippen LogP contribution in [0.2, 0.25) is 0 Å². The van der Waals surface area contributed by atoms with Crippen LogP contribution in [0.15, 0.2) is 42.0 Å². The Balaban J connectivity index is 1.53. The van der Waals surface area contributed by atoms with Gasteiger partial charge in [-0.2, -0.15) is 0 Å². The van der Waals surface area contributed by atoms with Crippen LogP contribution in [0.5, 0.6) is 0 Å². The average molecular weight is 441 g/mol. The lowest BCUT2D eigenvalue weighted by Crippen LogP contribution is -2.40. The van der Waals surface area contributed by atoms with Crippen LogP contribution in [0.3, 0.4) is 0 Å². The summed E-state index contributed by atoms with van der Waals surface area (Å²) in [5, 5.41) is 13.5. The van der Waals surface area contributed by atoms with Crippen molar-refractivity contribution in [2.24, 2.45) is 0 Å². The molecular weight excluding hydrogens is 423 g/mol. The second-order valence-electron chi connectivity index (χ2n) is 7.04. The van der Waals surface area contributed by atoms with E-state index in [-0.39, 0.29) is 11.9 Å². The number of thiophene rings is 1. The van der Waals surface area contributed by atoms with Crippen LogP contribution in [-0.4, -0.2) is 38.7 Å². The largest absolute Gasteiger partial charge is 0.465 e. The van der Waals surface area contributed by atoms with E-state index < -0.39 is 6.09 Å². The standard InChI is InChI=1S/C21H17FN4O2S2/c1-11-12(3-2-8-26(11)21(27)28)17-9-13-14(6-7-23-20(13)30-17)25-15-4-5-16-19(18(15)22)24-10-29-16/h3-7,9-11H,2,8H2,1H3,(H,23,25)(H,27,28)/t11-/m0/s1. The number of hydrogen-bond acceptors (Lipinski definition) is 6. The summed E-state index contributed by atoms with van der Waals surface area (Å²) in [5.74, 6) is -0.380. The Bertz CT molecular complexity index is 1310. The smallest absolute Gasteiger partial charge is 0.407 e. The summed E-state index contributed by atoms with van der Waals surface area (Å²) in [7, 11) is 0. The summed E-state index contributed by atoms with van der Waals surface area (Å²) in [6.45, 7) is 2.39. The van der Waals surface area contributed by atoms with Crippen LogP contribution in [0.25, 0.3) is 26.0 Å². The topological polar surface area (TPSA) is 78.4 Å². The lowest BCUT2D eigenvalue weighted by Gasteiger charge is -2.31. The van der Waals surface area contributed by atoms with Crippen molar-refractivity contribution in [1.29, 1.82) is 0 Å². The summed E-state index contributed by atoms with van der Waals surface area (Å²) in [6.07, 6.45) is 3.55. The lowest BCUT2D eigenvalue weighted by atomic mass is 10.00. The molecule has 3 aromatic heterocycles. The monoisotopic (exact) mass is 440 g/mol. The number of thiazole rings is 1. The molecule has 0 saturated carbocycles. The third-order valence-electron chi connectivity index (χ3n) is 5.33. The molecule has 0 unspecified atom stereocenters. The Kier molecular flexibility index (Phi) is 4.63. The van der Waals surface area contributed by atoms with E-state index in [4.69, 9.17) is 0 Å². The number of hydrogen-bond donors (Lipinski definition) is 2. The average Bonchev–Trinajstić information content (AvgIpc) is 3.37. The Morgan fingerprint density at radius 3 is 3.00 bits per heavy atom. The van der Waals surface area contributed by atoms with Gasteiger partial charge in [-0.1, -0.05) is 6.08 Å². The SMILES string of the molecule is C[C@H]1C(c2cc3c(Nc4ccc5scnc5c4F)ccnc3s2)=CCCN1C(=O)O. The molecule has 30 heavy (non-hydrogen) atoms. The maximum absolute atomic E-state index is 14.9. The van der Waals surface area contributed by atoms with E-state index in [1.54, 1.807) is 17.8 Å². The third kappa shape index (κ3) is 3.10. The summed E-state index contributed by atoms with van der Waals surface area (Å²) in [6, 6.07) is 7.15. The molecule has 0 aliphatic carbocycles. The summed E-state index contributed by atoms with van der Waals surface area (Å²) in [4.78, 5) is 23.3. The minimum Gasteiger partial charge on any atom is -0.465 e. The highest BCUT2D eigenvalue weighted by Crippen LogP contribution is 2.38. The van der Waals surface area contributed by atoms with E-state index >= 15 is 0 Å². The van der Waals surface area contributed by atoms with E-state index in [0.717, 1.165) is 31.1 Å². The predicted molar refractivity (Wildman–Crippen MR) is 119 cm³/mol. The zero-order chi connectivity index (χ0) is 20.8. The first-order valence-corrected chi connectivity index (χ1v) is 11.1. The Hall–Kier alpha value is -3.04. The van der Waals surface area contributed by atoms with Gasteiger partial charge in [-0.25, -0.2) is 19.2 Å². The number of amides is 1. The van der Waals surface area contributed by atoms with Crippen molar-refractivity contribution in [2.45, 2.75) is 19.4 Å². The molecular formula is C21H17FN4O2S2. The molecule has 6 nitrogen and oxygen atoms in total. The van der Waals surface area contributed by atoms with E-state index in [2.05, 4.69) is 21.4 Å². The molecule has 1 amide bonds. The second kappa shape index (κ2) is 7.33. The first kappa shape index (κ1) is 19.0. The van der Waals surface area contributed by atoms with Crippen molar-refractivity contribution in [2.75, 3.05) is 11.9 Å².